The van der Waals surface area contributed by atoms with Gasteiger partial charge in [0.2, 0.25) is 6.41 Å². The molecular formula is C16H14N2O2S. The van der Waals surface area contributed by atoms with E-state index in [2.05, 4.69) is 22.8 Å². The SMILES string of the molecule is COc1cc(NC=O)c2c(c1)SC(c1ccccc1)=CN2. The van der Waals surface area contributed by atoms with E-state index in [9.17, 15) is 4.79 Å². The Kier molecular flexibility index (Phi) is 3.83. The van der Waals surface area contributed by atoms with Crippen LogP contribution in [-0.4, -0.2) is 13.5 Å². The van der Waals surface area contributed by atoms with Gasteiger partial charge in [0.1, 0.15) is 5.75 Å². The third-order valence-electron chi connectivity index (χ3n) is 3.15. The summed E-state index contributed by atoms with van der Waals surface area (Å²) in [5.74, 6) is 0.710. The van der Waals surface area contributed by atoms with Crippen molar-refractivity contribution in [3.05, 3.63) is 54.2 Å². The van der Waals surface area contributed by atoms with E-state index in [-0.39, 0.29) is 0 Å². The first-order chi connectivity index (χ1) is 10.3. The molecule has 2 aromatic carbocycles. The fourth-order valence-corrected chi connectivity index (χ4v) is 3.20. The van der Waals surface area contributed by atoms with Gasteiger partial charge in [0, 0.05) is 22.1 Å². The van der Waals surface area contributed by atoms with Crippen molar-refractivity contribution in [3.8, 4) is 5.75 Å². The van der Waals surface area contributed by atoms with E-state index >= 15 is 0 Å². The number of hydrogen-bond donors (Lipinski definition) is 2. The lowest BCUT2D eigenvalue weighted by molar-refractivity contribution is -0.105. The third kappa shape index (κ3) is 2.73. The van der Waals surface area contributed by atoms with Crippen LogP contribution in [0.1, 0.15) is 5.56 Å². The van der Waals surface area contributed by atoms with Gasteiger partial charge in [-0.2, -0.15) is 0 Å². The van der Waals surface area contributed by atoms with Crippen LogP contribution in [0.3, 0.4) is 0 Å². The summed E-state index contributed by atoms with van der Waals surface area (Å²) in [6.07, 6.45) is 2.61. The van der Waals surface area contributed by atoms with E-state index in [4.69, 9.17) is 4.74 Å². The maximum Gasteiger partial charge on any atom is 0.211 e. The van der Waals surface area contributed by atoms with Crippen molar-refractivity contribution in [1.29, 1.82) is 0 Å². The minimum atomic E-state index is 0.665. The molecule has 21 heavy (non-hydrogen) atoms. The van der Waals surface area contributed by atoms with E-state index in [1.54, 1.807) is 24.9 Å². The number of carbonyl (C=O) groups excluding carboxylic acids is 1. The number of carbonyl (C=O) groups is 1. The van der Waals surface area contributed by atoms with Gasteiger partial charge in [0.25, 0.3) is 0 Å². The van der Waals surface area contributed by atoms with Crippen molar-refractivity contribution >= 4 is 34.5 Å². The number of nitrogens with one attached hydrogen (secondary N) is 2. The van der Waals surface area contributed by atoms with Crippen LogP contribution in [0.4, 0.5) is 11.4 Å². The van der Waals surface area contributed by atoms with Gasteiger partial charge in [-0.05, 0) is 11.6 Å². The molecule has 0 saturated carbocycles. The smallest absolute Gasteiger partial charge is 0.211 e. The molecule has 4 nitrogen and oxygen atoms in total. The number of ether oxygens (including phenoxy) is 1. The molecule has 1 aliphatic rings. The number of hydrogen-bond acceptors (Lipinski definition) is 4. The fraction of sp³-hybridized carbons (Fsp3) is 0.0625. The van der Waals surface area contributed by atoms with Crippen LogP contribution in [0.15, 0.2) is 53.6 Å². The molecule has 2 N–H and O–H groups in total. The zero-order valence-electron chi connectivity index (χ0n) is 11.4. The molecule has 0 aliphatic carbocycles. The summed E-state index contributed by atoms with van der Waals surface area (Å²) in [5, 5.41) is 5.96. The summed E-state index contributed by atoms with van der Waals surface area (Å²) in [4.78, 5) is 12.9. The summed E-state index contributed by atoms with van der Waals surface area (Å²) in [6.45, 7) is 0. The van der Waals surface area contributed by atoms with Crippen LogP contribution in [0, 0.1) is 0 Å². The van der Waals surface area contributed by atoms with Crippen molar-refractivity contribution in [2.75, 3.05) is 17.7 Å². The van der Waals surface area contributed by atoms with Gasteiger partial charge in [-0.1, -0.05) is 42.1 Å². The Morgan fingerprint density at radius 1 is 1.24 bits per heavy atom. The van der Waals surface area contributed by atoms with Crippen LogP contribution in [-0.2, 0) is 4.79 Å². The molecule has 5 heteroatoms. The Morgan fingerprint density at radius 2 is 2.05 bits per heavy atom. The minimum Gasteiger partial charge on any atom is -0.497 e. The quantitative estimate of drug-likeness (QED) is 0.843. The number of methoxy groups -OCH3 is 1. The van der Waals surface area contributed by atoms with Gasteiger partial charge in [-0.25, -0.2) is 0 Å². The van der Waals surface area contributed by atoms with Crippen molar-refractivity contribution in [1.82, 2.24) is 0 Å². The van der Waals surface area contributed by atoms with Crippen LogP contribution < -0.4 is 15.4 Å². The lowest BCUT2D eigenvalue weighted by Crippen LogP contribution is -2.04. The highest BCUT2D eigenvalue weighted by Gasteiger charge is 2.18. The Morgan fingerprint density at radius 3 is 2.76 bits per heavy atom. The average Bonchev–Trinajstić information content (AvgIpc) is 2.55. The first-order valence-corrected chi connectivity index (χ1v) is 7.25. The molecule has 0 unspecified atom stereocenters. The van der Waals surface area contributed by atoms with Gasteiger partial charge in [-0.15, -0.1) is 0 Å². The number of fused-ring (bicyclic) bond motifs is 1. The first-order valence-electron chi connectivity index (χ1n) is 6.44. The first kappa shape index (κ1) is 13.6. The summed E-state index contributed by atoms with van der Waals surface area (Å²) in [7, 11) is 1.61. The summed E-state index contributed by atoms with van der Waals surface area (Å²) < 4.78 is 5.29. The molecule has 0 saturated heterocycles. The normalized spacial score (nSPS) is 12.7. The van der Waals surface area contributed by atoms with Crippen LogP contribution in [0.25, 0.3) is 4.91 Å². The van der Waals surface area contributed by atoms with E-state index < -0.39 is 0 Å². The van der Waals surface area contributed by atoms with E-state index in [1.165, 1.54) is 0 Å². The molecular weight excluding hydrogens is 284 g/mol. The number of benzene rings is 2. The van der Waals surface area contributed by atoms with E-state index in [0.717, 1.165) is 21.1 Å². The van der Waals surface area contributed by atoms with Gasteiger partial charge in [0.05, 0.1) is 18.5 Å². The average molecular weight is 298 g/mol. The molecule has 0 fully saturated rings. The second kappa shape index (κ2) is 5.93. The van der Waals surface area contributed by atoms with Gasteiger partial charge in [-0.3, -0.25) is 4.79 Å². The predicted molar refractivity (Wildman–Crippen MR) is 86.6 cm³/mol. The maximum atomic E-state index is 10.7. The molecule has 106 valence electrons. The third-order valence-corrected chi connectivity index (χ3v) is 4.27. The topological polar surface area (TPSA) is 50.4 Å². The Bertz CT molecular complexity index is 699. The Hall–Kier alpha value is -2.40. The highest BCUT2D eigenvalue weighted by Crippen LogP contribution is 2.46. The second-order valence-corrected chi connectivity index (χ2v) is 5.52. The largest absolute Gasteiger partial charge is 0.497 e. The molecule has 0 radical (unpaired) electrons. The van der Waals surface area contributed by atoms with Crippen LogP contribution in [0.5, 0.6) is 5.75 Å². The standard InChI is InChI=1S/C16H14N2O2S/c1-20-12-7-13(18-10-19)16-14(8-12)21-15(9-17-16)11-5-3-2-4-6-11/h2-10,17H,1H3,(H,18,19). The maximum absolute atomic E-state index is 10.7. The second-order valence-electron chi connectivity index (χ2n) is 4.43. The van der Waals surface area contributed by atoms with Gasteiger partial charge >= 0.3 is 0 Å². The molecule has 0 bridgehead atoms. The fourth-order valence-electron chi connectivity index (χ4n) is 2.15. The molecule has 1 aliphatic heterocycles. The minimum absolute atomic E-state index is 0.665. The highest BCUT2D eigenvalue weighted by molar-refractivity contribution is 8.08. The highest BCUT2D eigenvalue weighted by atomic mass is 32.2. The number of anilines is 2. The zero-order valence-corrected chi connectivity index (χ0v) is 12.2. The summed E-state index contributed by atoms with van der Waals surface area (Å²) >= 11 is 1.64. The van der Waals surface area contributed by atoms with Gasteiger partial charge < -0.3 is 15.4 Å². The molecule has 2 aromatic rings. The summed E-state index contributed by atoms with van der Waals surface area (Å²) in [5.41, 5.74) is 2.73. The molecule has 1 heterocycles. The van der Waals surface area contributed by atoms with E-state index in [1.807, 2.05) is 30.5 Å². The van der Waals surface area contributed by atoms with Crippen LogP contribution in [0.2, 0.25) is 0 Å². The molecule has 0 atom stereocenters. The molecule has 3 rings (SSSR count). The molecule has 1 amide bonds. The Balaban J connectivity index is 1.99. The van der Waals surface area contributed by atoms with Crippen molar-refractivity contribution in [2.45, 2.75) is 4.90 Å². The van der Waals surface area contributed by atoms with Gasteiger partial charge in [0.15, 0.2) is 0 Å². The lowest BCUT2D eigenvalue weighted by atomic mass is 10.2. The summed E-state index contributed by atoms with van der Waals surface area (Å²) in [6, 6.07) is 13.9. The van der Waals surface area contributed by atoms with Crippen molar-refractivity contribution < 1.29 is 9.53 Å². The lowest BCUT2D eigenvalue weighted by Gasteiger charge is -2.21. The predicted octanol–water partition coefficient (Wildman–Crippen LogP) is 3.78. The van der Waals surface area contributed by atoms with Crippen LogP contribution >= 0.6 is 11.8 Å². The van der Waals surface area contributed by atoms with E-state index in [0.29, 0.717) is 17.8 Å². The molecule has 0 spiro atoms. The number of rotatable bonds is 4. The monoisotopic (exact) mass is 298 g/mol. The molecule has 0 aromatic heterocycles. The Labute approximate surface area is 127 Å². The van der Waals surface area contributed by atoms with Crippen molar-refractivity contribution in [2.24, 2.45) is 0 Å². The number of amides is 1. The number of thioether (sulfide) groups is 1. The zero-order chi connectivity index (χ0) is 14.7. The van der Waals surface area contributed by atoms with Crippen molar-refractivity contribution in [3.63, 3.8) is 0 Å².